The van der Waals surface area contributed by atoms with E-state index in [-0.39, 0.29) is 25.4 Å². The van der Waals surface area contributed by atoms with Crippen molar-refractivity contribution in [3.05, 3.63) is 29.6 Å². The van der Waals surface area contributed by atoms with Gasteiger partial charge in [0, 0.05) is 0 Å². The molecule has 6 nitrogen and oxygen atoms in total. The highest BCUT2D eigenvalue weighted by Gasteiger charge is 2.33. The summed E-state index contributed by atoms with van der Waals surface area (Å²) in [5, 5.41) is -0.695. The third-order valence-electron chi connectivity index (χ3n) is 2.88. The van der Waals surface area contributed by atoms with Crippen LogP contribution in [0.3, 0.4) is 0 Å². The molecule has 0 aliphatic carbocycles. The van der Waals surface area contributed by atoms with Crippen LogP contribution in [0.5, 0.6) is 5.75 Å². The van der Waals surface area contributed by atoms with Gasteiger partial charge in [-0.05, 0) is 17.7 Å². The van der Waals surface area contributed by atoms with E-state index in [0.29, 0.717) is 5.56 Å². The number of ether oxygens (including phenoxy) is 2. The van der Waals surface area contributed by atoms with Crippen molar-refractivity contribution in [2.45, 2.75) is 11.7 Å². The van der Waals surface area contributed by atoms with Crippen LogP contribution in [-0.4, -0.2) is 39.9 Å². The van der Waals surface area contributed by atoms with Gasteiger partial charge in [0.2, 0.25) is 15.9 Å². The number of nitrogens with one attached hydrogen (secondary N) is 1. The number of amides is 1. The molecule has 1 aromatic carbocycles. The molecule has 1 fully saturated rings. The molecule has 0 spiro atoms. The SMILES string of the molecule is COc1ccc(CC(=O)NS(=O)(=O)C2COC2)cc1F. The molecule has 110 valence electrons. The standard InChI is InChI=1S/C12H14FNO5S/c1-18-11-3-2-8(4-10(11)13)5-12(15)14-20(16,17)9-6-19-7-9/h2-4,9H,5-7H2,1H3,(H,14,15). The Morgan fingerprint density at radius 2 is 2.20 bits per heavy atom. The van der Waals surface area contributed by atoms with Gasteiger partial charge >= 0.3 is 0 Å². The maximum atomic E-state index is 13.4. The number of benzene rings is 1. The van der Waals surface area contributed by atoms with E-state index in [1.54, 1.807) is 0 Å². The molecule has 1 saturated heterocycles. The lowest BCUT2D eigenvalue weighted by molar-refractivity contribution is -0.118. The molecule has 1 aliphatic heterocycles. The first-order valence-corrected chi connectivity index (χ1v) is 7.41. The summed E-state index contributed by atoms with van der Waals surface area (Å²) in [5.41, 5.74) is 0.362. The first-order chi connectivity index (χ1) is 9.42. The summed E-state index contributed by atoms with van der Waals surface area (Å²) in [7, 11) is -2.38. The highest BCUT2D eigenvalue weighted by Crippen LogP contribution is 2.18. The first-order valence-electron chi connectivity index (χ1n) is 5.87. The molecule has 1 aromatic rings. The number of carbonyl (C=O) groups is 1. The van der Waals surface area contributed by atoms with Gasteiger partial charge < -0.3 is 9.47 Å². The Kier molecular flexibility index (Phi) is 4.24. The fourth-order valence-corrected chi connectivity index (χ4v) is 2.78. The Morgan fingerprint density at radius 1 is 1.50 bits per heavy atom. The summed E-state index contributed by atoms with van der Waals surface area (Å²) in [6.45, 7) is 0.166. The number of hydrogen-bond donors (Lipinski definition) is 1. The highest BCUT2D eigenvalue weighted by molar-refractivity contribution is 7.90. The number of methoxy groups -OCH3 is 1. The molecule has 0 radical (unpaired) electrons. The normalized spacial score (nSPS) is 15.5. The van der Waals surface area contributed by atoms with Gasteiger partial charge in [-0.15, -0.1) is 0 Å². The largest absolute Gasteiger partial charge is 0.494 e. The fraction of sp³-hybridized carbons (Fsp3) is 0.417. The average Bonchev–Trinajstić information content (AvgIpc) is 2.24. The second kappa shape index (κ2) is 5.76. The molecule has 1 amide bonds. The van der Waals surface area contributed by atoms with Gasteiger partial charge in [0.1, 0.15) is 5.25 Å². The lowest BCUT2D eigenvalue weighted by atomic mass is 10.1. The molecule has 0 unspecified atom stereocenters. The zero-order chi connectivity index (χ0) is 14.8. The first kappa shape index (κ1) is 14.7. The molecule has 0 bridgehead atoms. The van der Waals surface area contributed by atoms with E-state index in [4.69, 9.17) is 9.47 Å². The van der Waals surface area contributed by atoms with E-state index in [9.17, 15) is 17.6 Å². The minimum absolute atomic E-state index is 0.0633. The number of carbonyl (C=O) groups excluding carboxylic acids is 1. The van der Waals surface area contributed by atoms with Crippen LogP contribution >= 0.6 is 0 Å². The van der Waals surface area contributed by atoms with Gasteiger partial charge in [-0.3, -0.25) is 9.52 Å². The van der Waals surface area contributed by atoms with Gasteiger partial charge in [0.15, 0.2) is 11.6 Å². The molecule has 1 aliphatic rings. The summed E-state index contributed by atoms with van der Waals surface area (Å²) in [5.74, 6) is -1.25. The minimum atomic E-state index is -3.71. The number of sulfonamides is 1. The maximum Gasteiger partial charge on any atom is 0.242 e. The Hall–Kier alpha value is -1.67. The van der Waals surface area contributed by atoms with Crippen LogP contribution in [0.4, 0.5) is 4.39 Å². The van der Waals surface area contributed by atoms with Crippen LogP contribution in [0.2, 0.25) is 0 Å². The molecule has 1 heterocycles. The van der Waals surface area contributed by atoms with E-state index >= 15 is 0 Å². The minimum Gasteiger partial charge on any atom is -0.494 e. The molecular formula is C12H14FNO5S. The van der Waals surface area contributed by atoms with Gasteiger partial charge in [-0.25, -0.2) is 12.8 Å². The third kappa shape index (κ3) is 3.26. The van der Waals surface area contributed by atoms with E-state index in [1.165, 1.54) is 19.2 Å². The number of rotatable bonds is 5. The molecule has 1 N–H and O–H groups in total. The van der Waals surface area contributed by atoms with Crippen molar-refractivity contribution in [1.29, 1.82) is 0 Å². The Morgan fingerprint density at radius 3 is 2.70 bits per heavy atom. The summed E-state index contributed by atoms with van der Waals surface area (Å²) in [4.78, 5) is 11.7. The molecular weight excluding hydrogens is 289 g/mol. The molecule has 2 rings (SSSR count). The predicted octanol–water partition coefficient (Wildman–Crippen LogP) is 0.222. The summed E-state index contributed by atoms with van der Waals surface area (Å²) in [6.07, 6.45) is -0.228. The lowest BCUT2D eigenvalue weighted by Crippen LogP contribution is -2.48. The molecule has 0 atom stereocenters. The van der Waals surface area contributed by atoms with Crippen LogP contribution in [0.1, 0.15) is 5.56 Å². The van der Waals surface area contributed by atoms with Crippen LogP contribution in [0.25, 0.3) is 0 Å². The van der Waals surface area contributed by atoms with Crippen molar-refractivity contribution in [2.24, 2.45) is 0 Å². The molecule has 0 saturated carbocycles. The van der Waals surface area contributed by atoms with Crippen molar-refractivity contribution in [1.82, 2.24) is 4.72 Å². The second-order valence-electron chi connectivity index (χ2n) is 4.38. The van der Waals surface area contributed by atoms with Gasteiger partial charge in [-0.1, -0.05) is 6.07 Å². The summed E-state index contributed by atoms with van der Waals surface area (Å²) in [6, 6.07) is 4.02. The van der Waals surface area contributed by atoms with E-state index < -0.39 is 27.0 Å². The zero-order valence-corrected chi connectivity index (χ0v) is 11.6. The van der Waals surface area contributed by atoms with Gasteiger partial charge in [0.05, 0.1) is 26.7 Å². The maximum absolute atomic E-state index is 13.4. The van der Waals surface area contributed by atoms with Gasteiger partial charge in [-0.2, -0.15) is 0 Å². The van der Waals surface area contributed by atoms with Crippen molar-refractivity contribution in [3.8, 4) is 5.75 Å². The molecule has 20 heavy (non-hydrogen) atoms. The van der Waals surface area contributed by atoms with Crippen molar-refractivity contribution in [2.75, 3.05) is 20.3 Å². The Balaban J connectivity index is 1.99. The van der Waals surface area contributed by atoms with Crippen molar-refractivity contribution < 1.29 is 27.1 Å². The van der Waals surface area contributed by atoms with Crippen LogP contribution in [0, 0.1) is 5.82 Å². The number of hydrogen-bond acceptors (Lipinski definition) is 5. The summed E-state index contributed by atoms with van der Waals surface area (Å²) >= 11 is 0. The van der Waals surface area contributed by atoms with Crippen LogP contribution < -0.4 is 9.46 Å². The van der Waals surface area contributed by atoms with Crippen molar-refractivity contribution >= 4 is 15.9 Å². The Labute approximate surface area is 115 Å². The second-order valence-corrected chi connectivity index (χ2v) is 6.34. The van der Waals surface area contributed by atoms with Gasteiger partial charge in [0.25, 0.3) is 0 Å². The smallest absolute Gasteiger partial charge is 0.242 e. The average molecular weight is 303 g/mol. The van der Waals surface area contributed by atoms with E-state index in [2.05, 4.69) is 0 Å². The monoisotopic (exact) mass is 303 g/mol. The third-order valence-corrected chi connectivity index (χ3v) is 4.55. The lowest BCUT2D eigenvalue weighted by Gasteiger charge is -2.25. The number of halogens is 1. The highest BCUT2D eigenvalue weighted by atomic mass is 32.2. The topological polar surface area (TPSA) is 81.7 Å². The predicted molar refractivity (Wildman–Crippen MR) is 68.3 cm³/mol. The fourth-order valence-electron chi connectivity index (χ4n) is 1.68. The molecule has 8 heteroatoms. The quantitative estimate of drug-likeness (QED) is 0.841. The molecule has 0 aromatic heterocycles. The van der Waals surface area contributed by atoms with Crippen molar-refractivity contribution in [3.63, 3.8) is 0 Å². The van der Waals surface area contributed by atoms with E-state index in [1.807, 2.05) is 4.72 Å². The van der Waals surface area contributed by atoms with Crippen LogP contribution in [-0.2, 0) is 26.0 Å². The van der Waals surface area contributed by atoms with Crippen LogP contribution in [0.15, 0.2) is 18.2 Å². The van der Waals surface area contributed by atoms with E-state index in [0.717, 1.165) is 6.07 Å². The summed E-state index contributed by atoms with van der Waals surface area (Å²) < 4.78 is 48.3. The zero-order valence-electron chi connectivity index (χ0n) is 10.8. The Bertz CT molecular complexity index is 612.